The van der Waals surface area contributed by atoms with Gasteiger partial charge in [0.15, 0.2) is 0 Å². The van der Waals surface area contributed by atoms with E-state index in [1.54, 1.807) is 26.0 Å². The minimum absolute atomic E-state index is 0.158. The normalized spacial score (nSPS) is 12.0. The van der Waals surface area contributed by atoms with E-state index in [9.17, 15) is 18.7 Å². The van der Waals surface area contributed by atoms with Crippen LogP contribution < -0.4 is 5.32 Å². The van der Waals surface area contributed by atoms with Crippen LogP contribution in [-0.2, 0) is 0 Å². The van der Waals surface area contributed by atoms with Gasteiger partial charge in [0.2, 0.25) is 0 Å². The highest BCUT2D eigenvalue weighted by Crippen LogP contribution is 2.20. The molecule has 2 rings (SSSR count). The highest BCUT2D eigenvalue weighted by atomic mass is 19.1. The number of nitrogens with one attached hydrogen (secondary N) is 1. The third-order valence-electron chi connectivity index (χ3n) is 3.25. The first kappa shape index (κ1) is 15.0. The molecule has 0 aliphatic carbocycles. The molecule has 5 heteroatoms. The maximum atomic E-state index is 13.5. The molecule has 0 saturated heterocycles. The topological polar surface area (TPSA) is 49.3 Å². The Morgan fingerprint density at radius 2 is 1.90 bits per heavy atom. The van der Waals surface area contributed by atoms with Gasteiger partial charge in [-0.3, -0.25) is 4.79 Å². The van der Waals surface area contributed by atoms with Crippen molar-refractivity contribution in [2.75, 3.05) is 0 Å². The molecule has 21 heavy (non-hydrogen) atoms. The third kappa shape index (κ3) is 3.37. The number of hydrogen-bond acceptors (Lipinski definition) is 2. The van der Waals surface area contributed by atoms with Crippen LogP contribution in [-0.4, -0.2) is 11.0 Å². The lowest BCUT2D eigenvalue weighted by atomic mass is 10.1. The molecular formula is C16H15F2NO2. The average molecular weight is 291 g/mol. The second kappa shape index (κ2) is 5.91. The quantitative estimate of drug-likeness (QED) is 0.909. The highest BCUT2D eigenvalue weighted by Gasteiger charge is 2.16. The molecule has 1 atom stereocenters. The summed E-state index contributed by atoms with van der Waals surface area (Å²) in [5, 5.41) is 12.2. The number of aromatic hydroxyl groups is 1. The lowest BCUT2D eigenvalue weighted by Crippen LogP contribution is -2.26. The van der Waals surface area contributed by atoms with Crippen LogP contribution in [0.4, 0.5) is 8.78 Å². The van der Waals surface area contributed by atoms with Gasteiger partial charge in [-0.05, 0) is 49.2 Å². The number of hydrogen-bond donors (Lipinski definition) is 2. The number of rotatable bonds is 3. The first-order chi connectivity index (χ1) is 9.88. The van der Waals surface area contributed by atoms with E-state index in [1.165, 1.54) is 6.07 Å². The SMILES string of the molecule is Cc1ccc(C(C)NC(=O)c2cc(F)ccc2O)cc1F. The summed E-state index contributed by atoms with van der Waals surface area (Å²) in [6.45, 7) is 3.32. The summed E-state index contributed by atoms with van der Waals surface area (Å²) in [7, 11) is 0. The lowest BCUT2D eigenvalue weighted by Gasteiger charge is -2.15. The molecule has 2 N–H and O–H groups in total. The van der Waals surface area contributed by atoms with E-state index in [2.05, 4.69) is 5.32 Å². The Morgan fingerprint density at radius 1 is 1.19 bits per heavy atom. The molecule has 0 heterocycles. The average Bonchev–Trinajstić information content (AvgIpc) is 2.44. The summed E-state index contributed by atoms with van der Waals surface area (Å²) in [5.41, 5.74) is 0.942. The summed E-state index contributed by atoms with van der Waals surface area (Å²) in [5.74, 6) is -1.91. The number of aryl methyl sites for hydroxylation is 1. The molecular weight excluding hydrogens is 276 g/mol. The molecule has 0 aliphatic heterocycles. The highest BCUT2D eigenvalue weighted by molar-refractivity contribution is 5.97. The van der Waals surface area contributed by atoms with Crippen LogP contribution >= 0.6 is 0 Å². The van der Waals surface area contributed by atoms with Crippen molar-refractivity contribution in [1.29, 1.82) is 0 Å². The minimum atomic E-state index is -0.625. The van der Waals surface area contributed by atoms with Crippen molar-refractivity contribution < 1.29 is 18.7 Å². The zero-order valence-electron chi connectivity index (χ0n) is 11.7. The zero-order valence-corrected chi connectivity index (χ0v) is 11.7. The van der Waals surface area contributed by atoms with Crippen molar-refractivity contribution in [3.8, 4) is 5.75 Å². The maximum absolute atomic E-state index is 13.5. The van der Waals surface area contributed by atoms with Gasteiger partial charge in [-0.25, -0.2) is 8.78 Å². The van der Waals surface area contributed by atoms with Gasteiger partial charge in [-0.1, -0.05) is 12.1 Å². The van der Waals surface area contributed by atoms with Crippen molar-refractivity contribution in [2.45, 2.75) is 19.9 Å². The van der Waals surface area contributed by atoms with E-state index >= 15 is 0 Å². The van der Waals surface area contributed by atoms with Crippen molar-refractivity contribution in [1.82, 2.24) is 5.32 Å². The van der Waals surface area contributed by atoms with E-state index in [1.807, 2.05) is 0 Å². The van der Waals surface area contributed by atoms with Gasteiger partial charge in [0.05, 0.1) is 11.6 Å². The number of halogens is 2. The second-order valence-electron chi connectivity index (χ2n) is 4.87. The molecule has 2 aromatic rings. The fraction of sp³-hybridized carbons (Fsp3) is 0.188. The van der Waals surface area contributed by atoms with E-state index in [4.69, 9.17) is 0 Å². The van der Waals surface area contributed by atoms with Gasteiger partial charge in [0.1, 0.15) is 17.4 Å². The Balaban J connectivity index is 2.18. The number of phenolic OH excluding ortho intramolecular Hbond substituents is 1. The third-order valence-corrected chi connectivity index (χ3v) is 3.25. The Morgan fingerprint density at radius 3 is 2.57 bits per heavy atom. The molecule has 1 unspecified atom stereocenters. The minimum Gasteiger partial charge on any atom is -0.507 e. The van der Waals surface area contributed by atoms with Crippen LogP contribution in [0.15, 0.2) is 36.4 Å². The fourth-order valence-electron chi connectivity index (χ4n) is 1.93. The van der Waals surface area contributed by atoms with Crippen molar-refractivity contribution in [3.05, 3.63) is 64.7 Å². The summed E-state index contributed by atoms with van der Waals surface area (Å²) in [6, 6.07) is 7.31. The molecule has 110 valence electrons. The van der Waals surface area contributed by atoms with Crippen LogP contribution in [0.5, 0.6) is 5.75 Å². The molecule has 0 radical (unpaired) electrons. The summed E-state index contributed by atoms with van der Waals surface area (Å²) in [4.78, 5) is 12.0. The van der Waals surface area contributed by atoms with E-state index in [0.717, 1.165) is 18.2 Å². The summed E-state index contributed by atoms with van der Waals surface area (Å²) >= 11 is 0. The Labute approximate surface area is 121 Å². The van der Waals surface area contributed by atoms with Gasteiger partial charge in [0, 0.05) is 0 Å². The Bertz CT molecular complexity index is 686. The van der Waals surface area contributed by atoms with Crippen LogP contribution in [0.25, 0.3) is 0 Å². The predicted octanol–water partition coefficient (Wildman–Crippen LogP) is 3.47. The van der Waals surface area contributed by atoms with Crippen LogP contribution in [0.3, 0.4) is 0 Å². The number of amides is 1. The second-order valence-corrected chi connectivity index (χ2v) is 4.87. The zero-order chi connectivity index (χ0) is 15.6. The number of phenols is 1. The first-order valence-corrected chi connectivity index (χ1v) is 6.44. The lowest BCUT2D eigenvalue weighted by molar-refractivity contribution is 0.0936. The van der Waals surface area contributed by atoms with E-state index < -0.39 is 17.8 Å². The molecule has 0 aliphatic rings. The fourth-order valence-corrected chi connectivity index (χ4v) is 1.93. The van der Waals surface area contributed by atoms with Gasteiger partial charge >= 0.3 is 0 Å². The standard InChI is InChI=1S/C16H15F2NO2/c1-9-3-4-11(7-14(9)18)10(2)19-16(21)13-8-12(17)5-6-15(13)20/h3-8,10,20H,1-2H3,(H,19,21). The largest absolute Gasteiger partial charge is 0.507 e. The van der Waals surface area contributed by atoms with Crippen molar-refractivity contribution >= 4 is 5.91 Å². The first-order valence-electron chi connectivity index (χ1n) is 6.44. The number of carbonyl (C=O) groups excluding carboxylic acids is 1. The van der Waals surface area contributed by atoms with E-state index in [-0.39, 0.29) is 17.1 Å². The van der Waals surface area contributed by atoms with Gasteiger partial charge in [-0.2, -0.15) is 0 Å². The summed E-state index contributed by atoms with van der Waals surface area (Å²) in [6.07, 6.45) is 0. The van der Waals surface area contributed by atoms with Gasteiger partial charge < -0.3 is 10.4 Å². The molecule has 0 aromatic heterocycles. The number of benzene rings is 2. The molecule has 0 bridgehead atoms. The maximum Gasteiger partial charge on any atom is 0.255 e. The Kier molecular flexibility index (Phi) is 4.21. The van der Waals surface area contributed by atoms with Crippen LogP contribution in [0.1, 0.15) is 34.5 Å². The van der Waals surface area contributed by atoms with Crippen LogP contribution in [0.2, 0.25) is 0 Å². The monoisotopic (exact) mass is 291 g/mol. The molecule has 2 aromatic carbocycles. The molecule has 0 fully saturated rings. The number of carbonyl (C=O) groups is 1. The van der Waals surface area contributed by atoms with E-state index in [0.29, 0.717) is 11.1 Å². The van der Waals surface area contributed by atoms with Crippen LogP contribution in [0, 0.1) is 18.6 Å². The molecule has 3 nitrogen and oxygen atoms in total. The predicted molar refractivity (Wildman–Crippen MR) is 75.1 cm³/mol. The molecule has 1 amide bonds. The van der Waals surface area contributed by atoms with Gasteiger partial charge in [-0.15, -0.1) is 0 Å². The smallest absolute Gasteiger partial charge is 0.255 e. The van der Waals surface area contributed by atoms with Crippen molar-refractivity contribution in [2.24, 2.45) is 0 Å². The molecule has 0 saturated carbocycles. The molecule has 0 spiro atoms. The van der Waals surface area contributed by atoms with Crippen molar-refractivity contribution in [3.63, 3.8) is 0 Å². The Hall–Kier alpha value is -2.43. The van der Waals surface area contributed by atoms with Gasteiger partial charge in [0.25, 0.3) is 5.91 Å². The summed E-state index contributed by atoms with van der Waals surface area (Å²) < 4.78 is 26.6.